The molecule has 3 N–H and O–H groups in total. The second-order valence-electron chi connectivity index (χ2n) is 4.91. The zero-order chi connectivity index (χ0) is 16.5. The summed E-state index contributed by atoms with van der Waals surface area (Å²) in [6, 6.07) is 6.58. The van der Waals surface area contributed by atoms with Gasteiger partial charge in [0.15, 0.2) is 6.10 Å². The lowest BCUT2D eigenvalue weighted by Crippen LogP contribution is -2.23. The van der Waals surface area contributed by atoms with Crippen LogP contribution in [0.1, 0.15) is 38.4 Å². The molecule has 0 bridgehead atoms. The van der Waals surface area contributed by atoms with Crippen molar-refractivity contribution in [3.63, 3.8) is 0 Å². The third-order valence-electron chi connectivity index (χ3n) is 3.04. The maximum absolute atomic E-state index is 11.3. The summed E-state index contributed by atoms with van der Waals surface area (Å²) >= 11 is 0. The van der Waals surface area contributed by atoms with Gasteiger partial charge >= 0.3 is 5.97 Å². The summed E-state index contributed by atoms with van der Waals surface area (Å²) in [5, 5.41) is 29.2. The van der Waals surface area contributed by atoms with Crippen LogP contribution in [-0.4, -0.2) is 34.0 Å². The number of phenolic OH excluding ortho intramolecular Hbond substituents is 1. The number of benzene rings is 1. The predicted octanol–water partition coefficient (Wildman–Crippen LogP) is 2.23. The number of hydrogen-bond donors (Lipinski definition) is 3. The van der Waals surface area contributed by atoms with Crippen LogP contribution in [0.4, 0.5) is 0 Å². The topological polar surface area (TPSA) is 87.0 Å². The highest BCUT2D eigenvalue weighted by molar-refractivity contribution is 5.74. The van der Waals surface area contributed by atoms with E-state index in [4.69, 9.17) is 4.74 Å². The Kier molecular flexibility index (Phi) is 7.40. The van der Waals surface area contributed by atoms with Crippen molar-refractivity contribution in [2.45, 2.75) is 38.9 Å². The maximum atomic E-state index is 11.3. The second kappa shape index (κ2) is 9.05. The number of para-hydroxylation sites is 1. The first-order valence-corrected chi connectivity index (χ1v) is 7.17. The molecule has 0 aliphatic rings. The van der Waals surface area contributed by atoms with Gasteiger partial charge < -0.3 is 20.1 Å². The number of carbonyl (C=O) groups excluding carboxylic acids is 1. The Hall–Kier alpha value is -2.07. The minimum Gasteiger partial charge on any atom is -0.508 e. The van der Waals surface area contributed by atoms with Gasteiger partial charge in [0, 0.05) is 18.4 Å². The highest BCUT2D eigenvalue weighted by Crippen LogP contribution is 2.25. The smallest absolute Gasteiger partial charge is 0.335 e. The summed E-state index contributed by atoms with van der Waals surface area (Å²) in [5.41, 5.74) is 4.03. The van der Waals surface area contributed by atoms with Crippen LogP contribution in [0.25, 0.3) is 0 Å². The van der Waals surface area contributed by atoms with Crippen LogP contribution in [0.3, 0.4) is 0 Å². The minimum atomic E-state index is -1.20. The molecule has 0 unspecified atom stereocenters. The van der Waals surface area contributed by atoms with Crippen LogP contribution in [0.2, 0.25) is 0 Å². The number of rotatable bonds is 7. The highest BCUT2D eigenvalue weighted by Gasteiger charge is 2.16. The van der Waals surface area contributed by atoms with Gasteiger partial charge in [0.2, 0.25) is 0 Å². The molecule has 0 radical (unpaired) electrons. The molecule has 1 rings (SSSR count). The Morgan fingerprint density at radius 1 is 1.36 bits per heavy atom. The van der Waals surface area contributed by atoms with Crippen molar-refractivity contribution in [1.82, 2.24) is 0 Å². The molecule has 5 nitrogen and oxygen atoms in total. The third-order valence-corrected chi connectivity index (χ3v) is 3.04. The molecule has 2 atom stereocenters. The van der Waals surface area contributed by atoms with E-state index < -0.39 is 18.2 Å². The average Bonchev–Trinajstić information content (AvgIpc) is 2.47. The SMILES string of the molecule is CCOC(=O)[C@H](O)CC(C)=C=CC[C@@H](O)c1ccccc1O. The van der Waals surface area contributed by atoms with E-state index in [0.29, 0.717) is 11.1 Å². The van der Waals surface area contributed by atoms with Crippen LogP contribution in [0, 0.1) is 0 Å². The number of esters is 1. The van der Waals surface area contributed by atoms with Crippen molar-refractivity contribution in [2.24, 2.45) is 0 Å². The van der Waals surface area contributed by atoms with Gasteiger partial charge in [0.05, 0.1) is 12.7 Å². The van der Waals surface area contributed by atoms with E-state index in [1.807, 2.05) is 0 Å². The fourth-order valence-corrected chi connectivity index (χ4v) is 1.91. The molecule has 5 heteroatoms. The fraction of sp³-hybridized carbons (Fsp3) is 0.412. The van der Waals surface area contributed by atoms with E-state index >= 15 is 0 Å². The lowest BCUT2D eigenvalue weighted by atomic mass is 10.0. The largest absolute Gasteiger partial charge is 0.508 e. The standard InChI is InChI=1S/C17H22O5/c1-3-22-17(21)16(20)11-12(2)7-6-10-15(19)13-8-4-5-9-14(13)18/h4-6,8-9,15-16,18-20H,3,10-11H2,1-2H3/t7?,15-,16-/m1/s1. The number of aliphatic hydroxyl groups excluding tert-OH is 2. The summed E-state index contributed by atoms with van der Waals surface area (Å²) in [5.74, 6) is -0.611. The van der Waals surface area contributed by atoms with Crippen molar-refractivity contribution in [1.29, 1.82) is 0 Å². The first kappa shape index (κ1) is 18.0. The van der Waals surface area contributed by atoms with Gasteiger partial charge in [0.1, 0.15) is 5.75 Å². The number of aromatic hydroxyl groups is 1. The monoisotopic (exact) mass is 306 g/mol. The molecule has 120 valence electrons. The van der Waals surface area contributed by atoms with Gasteiger partial charge in [-0.3, -0.25) is 0 Å². The Labute approximate surface area is 130 Å². The van der Waals surface area contributed by atoms with Crippen LogP contribution in [-0.2, 0) is 9.53 Å². The first-order valence-electron chi connectivity index (χ1n) is 7.17. The summed E-state index contributed by atoms with van der Waals surface area (Å²) in [7, 11) is 0. The number of ether oxygens (including phenoxy) is 1. The van der Waals surface area contributed by atoms with Gasteiger partial charge in [-0.05, 0) is 31.6 Å². The molecule has 0 amide bonds. The summed E-state index contributed by atoms with van der Waals surface area (Å²) in [4.78, 5) is 11.3. The molecular weight excluding hydrogens is 284 g/mol. The molecule has 22 heavy (non-hydrogen) atoms. The molecule has 0 aliphatic heterocycles. The molecule has 1 aromatic carbocycles. The summed E-state index contributed by atoms with van der Waals surface area (Å²) < 4.78 is 4.71. The van der Waals surface area contributed by atoms with E-state index in [2.05, 4.69) is 5.73 Å². The van der Waals surface area contributed by atoms with E-state index in [0.717, 1.165) is 0 Å². The van der Waals surface area contributed by atoms with Crippen LogP contribution in [0.15, 0.2) is 41.6 Å². The molecule has 0 saturated heterocycles. The van der Waals surface area contributed by atoms with Gasteiger partial charge in [-0.25, -0.2) is 4.79 Å². The average molecular weight is 306 g/mol. The molecule has 0 saturated carbocycles. The predicted molar refractivity (Wildman–Crippen MR) is 82.2 cm³/mol. The second-order valence-corrected chi connectivity index (χ2v) is 4.91. The Balaban J connectivity index is 2.59. The van der Waals surface area contributed by atoms with E-state index in [-0.39, 0.29) is 25.2 Å². The highest BCUT2D eigenvalue weighted by atomic mass is 16.5. The molecule has 1 aromatic rings. The lowest BCUT2D eigenvalue weighted by Gasteiger charge is -2.10. The minimum absolute atomic E-state index is 0.0434. The van der Waals surface area contributed by atoms with Crippen molar-refractivity contribution in [3.8, 4) is 5.75 Å². The molecule has 0 aliphatic carbocycles. The van der Waals surface area contributed by atoms with Crippen LogP contribution in [0.5, 0.6) is 5.75 Å². The molecule has 0 heterocycles. The number of aliphatic hydroxyl groups is 2. The normalized spacial score (nSPS) is 12.9. The number of phenols is 1. The molecule has 0 aromatic heterocycles. The zero-order valence-electron chi connectivity index (χ0n) is 12.8. The van der Waals surface area contributed by atoms with Crippen molar-refractivity contribution >= 4 is 5.97 Å². The fourth-order valence-electron chi connectivity index (χ4n) is 1.91. The Morgan fingerprint density at radius 2 is 2.05 bits per heavy atom. The summed E-state index contributed by atoms with van der Waals surface area (Å²) in [6.07, 6.45) is -0.0306. The van der Waals surface area contributed by atoms with Crippen molar-refractivity contribution in [2.75, 3.05) is 6.61 Å². The number of carbonyl (C=O) groups is 1. The Bertz CT molecular complexity index is 558. The van der Waals surface area contributed by atoms with Gasteiger partial charge in [0.25, 0.3) is 0 Å². The quantitative estimate of drug-likeness (QED) is 0.531. The molecule has 0 spiro atoms. The van der Waals surface area contributed by atoms with Crippen LogP contribution < -0.4 is 0 Å². The van der Waals surface area contributed by atoms with Gasteiger partial charge in [-0.2, -0.15) is 0 Å². The van der Waals surface area contributed by atoms with E-state index in [1.165, 1.54) is 6.07 Å². The summed E-state index contributed by atoms with van der Waals surface area (Å²) in [6.45, 7) is 3.63. The molecule has 0 fully saturated rings. The molecular formula is C17H22O5. The lowest BCUT2D eigenvalue weighted by molar-refractivity contribution is -0.152. The van der Waals surface area contributed by atoms with Crippen molar-refractivity contribution in [3.05, 3.63) is 47.2 Å². The van der Waals surface area contributed by atoms with E-state index in [9.17, 15) is 20.1 Å². The van der Waals surface area contributed by atoms with Crippen LogP contribution >= 0.6 is 0 Å². The maximum Gasteiger partial charge on any atom is 0.335 e. The zero-order valence-corrected chi connectivity index (χ0v) is 12.8. The van der Waals surface area contributed by atoms with E-state index in [1.54, 1.807) is 38.1 Å². The first-order chi connectivity index (χ1) is 10.5. The Morgan fingerprint density at radius 3 is 2.68 bits per heavy atom. The third kappa shape index (κ3) is 5.74. The number of hydrogen-bond acceptors (Lipinski definition) is 5. The van der Waals surface area contributed by atoms with Gasteiger partial charge in [-0.1, -0.05) is 18.2 Å². The van der Waals surface area contributed by atoms with Gasteiger partial charge in [-0.15, -0.1) is 5.73 Å². The van der Waals surface area contributed by atoms with Crippen molar-refractivity contribution < 1.29 is 24.9 Å².